The largest absolute Gasteiger partial charge is 0.491 e. The summed E-state index contributed by atoms with van der Waals surface area (Å²) < 4.78 is 36.4. The van der Waals surface area contributed by atoms with E-state index >= 15 is 0 Å². The summed E-state index contributed by atoms with van der Waals surface area (Å²) in [5, 5.41) is 7.47. The number of anilines is 1. The number of carbonyl (C=O) groups excluding carboxylic acids is 1. The van der Waals surface area contributed by atoms with E-state index in [-0.39, 0.29) is 11.8 Å². The zero-order chi connectivity index (χ0) is 22.1. The maximum absolute atomic E-state index is 11.8. The number of sulfonamides is 1. The predicted octanol–water partition coefficient (Wildman–Crippen LogP) is 3.12. The first kappa shape index (κ1) is 23.2. The normalized spacial score (nSPS) is 11.0. The minimum absolute atomic E-state index is 0.0173. The van der Waals surface area contributed by atoms with Gasteiger partial charge >= 0.3 is 5.97 Å². The molecule has 0 aromatic heterocycles. The van der Waals surface area contributed by atoms with E-state index in [4.69, 9.17) is 15.9 Å². The van der Waals surface area contributed by atoms with Crippen molar-refractivity contribution in [3.05, 3.63) is 48.0 Å². The van der Waals surface area contributed by atoms with Crippen LogP contribution in [-0.2, 0) is 19.6 Å². The summed E-state index contributed by atoms with van der Waals surface area (Å²) in [6.45, 7) is 0.395. The van der Waals surface area contributed by atoms with Gasteiger partial charge in [0.15, 0.2) is 0 Å². The molecule has 0 fully saturated rings. The predicted molar refractivity (Wildman–Crippen MR) is 117 cm³/mol. The van der Waals surface area contributed by atoms with Crippen molar-refractivity contribution in [2.24, 2.45) is 5.73 Å². The van der Waals surface area contributed by atoms with Crippen molar-refractivity contribution in [2.75, 3.05) is 24.7 Å². The topological polar surface area (TPSA) is 132 Å². The van der Waals surface area contributed by atoms with Crippen LogP contribution < -0.4 is 15.2 Å². The molecule has 0 saturated carbocycles. The molecule has 0 aliphatic heterocycles. The minimum atomic E-state index is -3.49. The van der Waals surface area contributed by atoms with Crippen molar-refractivity contribution in [2.45, 2.75) is 25.7 Å². The first-order chi connectivity index (χ1) is 14.2. The highest BCUT2D eigenvalue weighted by Crippen LogP contribution is 2.32. The van der Waals surface area contributed by atoms with Gasteiger partial charge in [0, 0.05) is 12.0 Å². The number of benzene rings is 2. The Morgan fingerprint density at radius 1 is 1.07 bits per heavy atom. The standard InChI is InChI=1S/C21H27N3O5S/c1-28-20(25)6-4-3-5-13-29-19-12-11-17(14-18(19)24-30(2,26)27)15-7-9-16(10-8-15)21(22)23/h7-12,14,24H,3-6,13H2,1-2H3,(H3,22,23). The summed E-state index contributed by atoms with van der Waals surface area (Å²) in [6.07, 6.45) is 3.68. The molecule has 2 aromatic carbocycles. The summed E-state index contributed by atoms with van der Waals surface area (Å²) in [6, 6.07) is 12.4. The number of nitrogen functional groups attached to an aromatic ring is 1. The van der Waals surface area contributed by atoms with Gasteiger partial charge in [-0.15, -0.1) is 0 Å². The number of carbonyl (C=O) groups is 1. The Kier molecular flexibility index (Phi) is 8.23. The molecule has 0 spiro atoms. The summed E-state index contributed by atoms with van der Waals surface area (Å²) in [5.41, 5.74) is 8.09. The van der Waals surface area contributed by atoms with E-state index in [1.165, 1.54) is 7.11 Å². The van der Waals surface area contributed by atoms with Crippen molar-refractivity contribution in [3.8, 4) is 16.9 Å². The van der Waals surface area contributed by atoms with Crippen LogP contribution in [0.1, 0.15) is 31.2 Å². The van der Waals surface area contributed by atoms with Crippen molar-refractivity contribution in [3.63, 3.8) is 0 Å². The van der Waals surface area contributed by atoms with Gasteiger partial charge in [0.1, 0.15) is 11.6 Å². The molecule has 0 unspecified atom stereocenters. The van der Waals surface area contributed by atoms with Gasteiger partial charge in [-0.3, -0.25) is 14.9 Å². The lowest BCUT2D eigenvalue weighted by Gasteiger charge is -2.14. The molecule has 0 saturated heterocycles. The van der Waals surface area contributed by atoms with E-state index < -0.39 is 10.0 Å². The SMILES string of the molecule is COC(=O)CCCCCOc1ccc(-c2ccc(C(=N)N)cc2)cc1NS(C)(=O)=O. The summed E-state index contributed by atoms with van der Waals surface area (Å²) in [7, 11) is -2.13. The maximum atomic E-state index is 11.8. The first-order valence-corrected chi connectivity index (χ1v) is 11.3. The van der Waals surface area contributed by atoms with Crippen LogP contribution in [0, 0.1) is 5.41 Å². The average Bonchev–Trinajstić information content (AvgIpc) is 2.70. The quantitative estimate of drug-likeness (QED) is 0.216. The summed E-state index contributed by atoms with van der Waals surface area (Å²) in [5.74, 6) is 0.177. The molecule has 0 atom stereocenters. The number of esters is 1. The highest BCUT2D eigenvalue weighted by molar-refractivity contribution is 7.92. The van der Waals surface area contributed by atoms with E-state index in [0.717, 1.165) is 30.2 Å². The zero-order valence-electron chi connectivity index (χ0n) is 17.1. The molecule has 2 rings (SSSR count). The highest BCUT2D eigenvalue weighted by atomic mass is 32.2. The zero-order valence-corrected chi connectivity index (χ0v) is 17.9. The summed E-state index contributed by atoms with van der Waals surface area (Å²) >= 11 is 0. The molecule has 8 nitrogen and oxygen atoms in total. The third-order valence-electron chi connectivity index (χ3n) is 4.31. The van der Waals surface area contributed by atoms with Crippen LogP contribution in [0.4, 0.5) is 5.69 Å². The second-order valence-corrected chi connectivity index (χ2v) is 8.56. The third kappa shape index (κ3) is 7.40. The molecule has 9 heteroatoms. The molecule has 0 aliphatic carbocycles. The highest BCUT2D eigenvalue weighted by Gasteiger charge is 2.11. The Morgan fingerprint density at radius 2 is 1.73 bits per heavy atom. The van der Waals surface area contributed by atoms with Gasteiger partial charge in [-0.1, -0.05) is 30.3 Å². The number of methoxy groups -OCH3 is 1. The van der Waals surface area contributed by atoms with E-state index in [0.29, 0.717) is 36.4 Å². The number of ether oxygens (including phenoxy) is 2. The van der Waals surface area contributed by atoms with Crippen molar-refractivity contribution >= 4 is 27.5 Å². The minimum Gasteiger partial charge on any atom is -0.491 e. The number of hydrogen-bond donors (Lipinski definition) is 3. The fourth-order valence-electron chi connectivity index (χ4n) is 2.79. The molecule has 0 amide bonds. The lowest BCUT2D eigenvalue weighted by molar-refractivity contribution is -0.140. The van der Waals surface area contributed by atoms with Gasteiger partial charge in [-0.25, -0.2) is 8.42 Å². The van der Waals surface area contributed by atoms with Crippen LogP contribution >= 0.6 is 0 Å². The monoisotopic (exact) mass is 433 g/mol. The number of hydrogen-bond acceptors (Lipinski definition) is 6. The number of unbranched alkanes of at least 4 members (excludes halogenated alkanes) is 2. The fraction of sp³-hybridized carbons (Fsp3) is 0.333. The van der Waals surface area contributed by atoms with Gasteiger partial charge in [0.25, 0.3) is 0 Å². The Hall–Kier alpha value is -3.07. The van der Waals surface area contributed by atoms with Crippen LogP contribution in [0.3, 0.4) is 0 Å². The Bertz CT molecular complexity index is 988. The number of amidine groups is 1. The molecule has 162 valence electrons. The fourth-order valence-corrected chi connectivity index (χ4v) is 3.35. The van der Waals surface area contributed by atoms with Crippen molar-refractivity contribution in [1.29, 1.82) is 5.41 Å². The number of nitrogens with two attached hydrogens (primary N) is 1. The molecule has 0 heterocycles. The van der Waals surface area contributed by atoms with Crippen LogP contribution in [0.25, 0.3) is 11.1 Å². The van der Waals surface area contributed by atoms with Gasteiger partial charge < -0.3 is 15.2 Å². The van der Waals surface area contributed by atoms with E-state index in [2.05, 4.69) is 9.46 Å². The van der Waals surface area contributed by atoms with Crippen molar-refractivity contribution in [1.82, 2.24) is 0 Å². The Balaban J connectivity index is 2.10. The summed E-state index contributed by atoms with van der Waals surface area (Å²) in [4.78, 5) is 11.1. The van der Waals surface area contributed by atoms with E-state index in [9.17, 15) is 13.2 Å². The molecule has 4 N–H and O–H groups in total. The maximum Gasteiger partial charge on any atom is 0.305 e. The second-order valence-electron chi connectivity index (χ2n) is 6.81. The average molecular weight is 434 g/mol. The molecule has 0 bridgehead atoms. The van der Waals surface area contributed by atoms with Gasteiger partial charge in [0.05, 0.1) is 25.7 Å². The first-order valence-electron chi connectivity index (χ1n) is 9.46. The molecular formula is C21H27N3O5S. The molecule has 2 aromatic rings. The van der Waals surface area contributed by atoms with E-state index in [1.54, 1.807) is 24.3 Å². The lowest BCUT2D eigenvalue weighted by Crippen LogP contribution is -2.11. The van der Waals surface area contributed by atoms with Gasteiger partial charge in [0.2, 0.25) is 10.0 Å². The molecule has 30 heavy (non-hydrogen) atoms. The number of nitrogens with one attached hydrogen (secondary N) is 2. The van der Waals surface area contributed by atoms with Crippen molar-refractivity contribution < 1.29 is 22.7 Å². The number of rotatable bonds is 11. The van der Waals surface area contributed by atoms with E-state index in [1.807, 2.05) is 18.2 Å². The second kappa shape index (κ2) is 10.6. The van der Waals surface area contributed by atoms with Crippen LogP contribution in [0.5, 0.6) is 5.75 Å². The smallest absolute Gasteiger partial charge is 0.305 e. The molecular weight excluding hydrogens is 406 g/mol. The lowest BCUT2D eigenvalue weighted by atomic mass is 10.0. The van der Waals surface area contributed by atoms with Crippen LogP contribution in [0.15, 0.2) is 42.5 Å². The van der Waals surface area contributed by atoms with Gasteiger partial charge in [-0.05, 0) is 42.5 Å². The van der Waals surface area contributed by atoms with Crippen LogP contribution in [-0.4, -0.2) is 40.2 Å². The third-order valence-corrected chi connectivity index (χ3v) is 4.91. The Morgan fingerprint density at radius 3 is 2.33 bits per heavy atom. The molecule has 0 aliphatic rings. The van der Waals surface area contributed by atoms with Gasteiger partial charge in [-0.2, -0.15) is 0 Å². The van der Waals surface area contributed by atoms with Crippen LogP contribution in [0.2, 0.25) is 0 Å². The Labute approximate surface area is 176 Å². The molecule has 0 radical (unpaired) electrons.